The van der Waals surface area contributed by atoms with Crippen molar-refractivity contribution >= 4 is 40.0 Å². The first-order chi connectivity index (χ1) is 8.73. The summed E-state index contributed by atoms with van der Waals surface area (Å²) in [4.78, 5) is 6.78. The molecule has 1 aliphatic rings. The Balaban J connectivity index is 0.00000361. The van der Waals surface area contributed by atoms with Gasteiger partial charge in [0, 0.05) is 25.2 Å². The largest absolute Gasteiger partial charge is 0.357 e. The van der Waals surface area contributed by atoms with Gasteiger partial charge >= 0.3 is 0 Å². The molecule has 0 saturated carbocycles. The van der Waals surface area contributed by atoms with Crippen LogP contribution < -0.4 is 10.0 Å². The third-order valence-electron chi connectivity index (χ3n) is 2.83. The number of likely N-dealkylation sites (tertiary alicyclic amines) is 1. The minimum absolute atomic E-state index is 0. The molecular weight excluding hydrogens is 391 g/mol. The van der Waals surface area contributed by atoms with Gasteiger partial charge in [0.05, 0.1) is 12.8 Å². The highest BCUT2D eigenvalue weighted by Crippen LogP contribution is 2.09. The van der Waals surface area contributed by atoms with Gasteiger partial charge in [0.25, 0.3) is 0 Å². The van der Waals surface area contributed by atoms with Crippen LogP contribution >= 0.6 is 24.0 Å². The topological polar surface area (TPSA) is 73.8 Å². The molecule has 0 radical (unpaired) electrons. The molecule has 6 nitrogen and oxygen atoms in total. The second kappa shape index (κ2) is 8.38. The number of sulfonamides is 1. The van der Waals surface area contributed by atoms with Gasteiger partial charge in [-0.3, -0.25) is 4.99 Å². The van der Waals surface area contributed by atoms with Gasteiger partial charge in [-0.2, -0.15) is 0 Å². The quantitative estimate of drug-likeness (QED) is 0.397. The van der Waals surface area contributed by atoms with Gasteiger partial charge < -0.3 is 10.2 Å². The van der Waals surface area contributed by atoms with Crippen LogP contribution in [0, 0.1) is 0 Å². The van der Waals surface area contributed by atoms with Crippen molar-refractivity contribution < 1.29 is 8.42 Å². The lowest BCUT2D eigenvalue weighted by atomic mass is 10.1. The van der Waals surface area contributed by atoms with Gasteiger partial charge in [-0.1, -0.05) is 0 Å². The van der Waals surface area contributed by atoms with Gasteiger partial charge in [-0.25, -0.2) is 13.1 Å². The Bertz CT molecular complexity index is 417. The molecule has 1 rings (SSSR count). The zero-order valence-electron chi connectivity index (χ0n) is 12.8. The van der Waals surface area contributed by atoms with Gasteiger partial charge in [-0.15, -0.1) is 24.0 Å². The summed E-state index contributed by atoms with van der Waals surface area (Å²) in [7, 11) is -3.21. The third-order valence-corrected chi connectivity index (χ3v) is 3.75. The van der Waals surface area contributed by atoms with E-state index in [0.29, 0.717) is 6.54 Å². The lowest BCUT2D eigenvalue weighted by Gasteiger charge is -2.26. The first-order valence-corrected chi connectivity index (χ1v) is 8.65. The van der Waals surface area contributed by atoms with E-state index in [1.165, 1.54) is 19.1 Å². The maximum Gasteiger partial charge on any atom is 0.209 e. The molecule has 0 atom stereocenters. The highest BCUT2D eigenvalue weighted by atomic mass is 127. The first-order valence-electron chi connectivity index (χ1n) is 6.76. The van der Waals surface area contributed by atoms with Gasteiger partial charge in [0.15, 0.2) is 5.96 Å². The number of nitrogens with zero attached hydrogens (tertiary/aromatic N) is 2. The summed E-state index contributed by atoms with van der Waals surface area (Å²) < 4.78 is 25.2. The number of nitrogens with one attached hydrogen (secondary N) is 2. The standard InChI is InChI=1S/C12H26N4O2S.HI/c1-5-13-11(16-8-6-7-9-16)14-10-12(2,3)15-19(4,17)18;/h15H,5-10H2,1-4H3,(H,13,14);1H. The van der Waals surface area contributed by atoms with Crippen LogP contribution in [-0.4, -0.2) is 57.3 Å². The van der Waals surface area contributed by atoms with E-state index >= 15 is 0 Å². The summed E-state index contributed by atoms with van der Waals surface area (Å²) in [6, 6.07) is 0. The molecule has 0 aromatic carbocycles. The Kier molecular flexibility index (Phi) is 8.34. The molecule has 0 aromatic rings. The molecule has 1 saturated heterocycles. The van der Waals surface area contributed by atoms with Crippen LogP contribution in [0.2, 0.25) is 0 Å². The van der Waals surface area contributed by atoms with E-state index in [2.05, 4.69) is 19.9 Å². The average Bonchev–Trinajstić information content (AvgIpc) is 2.73. The van der Waals surface area contributed by atoms with Crippen LogP contribution in [0.15, 0.2) is 4.99 Å². The fraction of sp³-hybridized carbons (Fsp3) is 0.917. The molecular formula is C12H27IN4O2S. The van der Waals surface area contributed by atoms with Crippen molar-refractivity contribution in [2.24, 2.45) is 4.99 Å². The molecule has 0 aromatic heterocycles. The van der Waals surface area contributed by atoms with E-state index in [1.807, 2.05) is 20.8 Å². The molecule has 2 N–H and O–H groups in total. The van der Waals surface area contributed by atoms with Crippen molar-refractivity contribution in [3.63, 3.8) is 0 Å². The number of hydrogen-bond acceptors (Lipinski definition) is 3. The van der Waals surface area contributed by atoms with E-state index in [0.717, 1.165) is 25.6 Å². The van der Waals surface area contributed by atoms with Crippen LogP contribution in [-0.2, 0) is 10.0 Å². The van der Waals surface area contributed by atoms with E-state index in [1.54, 1.807) is 0 Å². The third kappa shape index (κ3) is 7.63. The van der Waals surface area contributed by atoms with Crippen LogP contribution in [0.5, 0.6) is 0 Å². The molecule has 1 aliphatic heterocycles. The van der Waals surface area contributed by atoms with Crippen molar-refractivity contribution in [3.8, 4) is 0 Å². The number of halogens is 1. The molecule has 120 valence electrons. The fourth-order valence-electron chi connectivity index (χ4n) is 2.16. The SMILES string of the molecule is CCNC(=NCC(C)(C)NS(C)(=O)=O)N1CCCC1.I. The zero-order chi connectivity index (χ0) is 14.5. The van der Waals surface area contributed by atoms with Gasteiger partial charge in [0.1, 0.15) is 0 Å². The van der Waals surface area contributed by atoms with Gasteiger partial charge in [0.2, 0.25) is 10.0 Å². The van der Waals surface area contributed by atoms with Crippen molar-refractivity contribution in [2.75, 3.05) is 32.4 Å². The Morgan fingerprint density at radius 3 is 2.30 bits per heavy atom. The highest BCUT2D eigenvalue weighted by molar-refractivity contribution is 14.0. The number of aliphatic imine (C=N–C) groups is 1. The van der Waals surface area contributed by atoms with E-state index in [9.17, 15) is 8.42 Å². The molecule has 0 unspecified atom stereocenters. The fourth-order valence-corrected chi connectivity index (χ4v) is 3.23. The number of rotatable bonds is 5. The Labute approximate surface area is 139 Å². The highest BCUT2D eigenvalue weighted by Gasteiger charge is 2.23. The number of guanidine groups is 1. The van der Waals surface area contributed by atoms with Gasteiger partial charge in [-0.05, 0) is 33.6 Å². The minimum atomic E-state index is -3.21. The summed E-state index contributed by atoms with van der Waals surface area (Å²) >= 11 is 0. The van der Waals surface area contributed by atoms with E-state index in [-0.39, 0.29) is 24.0 Å². The molecule has 0 amide bonds. The van der Waals surface area contributed by atoms with Crippen LogP contribution in [0.1, 0.15) is 33.6 Å². The normalized spacial score (nSPS) is 17.0. The lowest BCUT2D eigenvalue weighted by molar-refractivity contribution is 0.451. The predicted octanol–water partition coefficient (Wildman–Crippen LogP) is 0.993. The molecule has 0 bridgehead atoms. The van der Waals surface area contributed by atoms with E-state index in [4.69, 9.17) is 0 Å². The van der Waals surface area contributed by atoms with Crippen LogP contribution in [0.4, 0.5) is 0 Å². The summed E-state index contributed by atoms with van der Waals surface area (Å²) in [6.45, 7) is 8.98. The Morgan fingerprint density at radius 2 is 1.85 bits per heavy atom. The van der Waals surface area contributed by atoms with Crippen molar-refractivity contribution in [1.82, 2.24) is 14.9 Å². The molecule has 1 heterocycles. The summed E-state index contributed by atoms with van der Waals surface area (Å²) in [6.07, 6.45) is 3.55. The van der Waals surface area contributed by atoms with Crippen LogP contribution in [0.25, 0.3) is 0 Å². The Hall–Kier alpha value is -0.0900. The summed E-state index contributed by atoms with van der Waals surface area (Å²) in [5.74, 6) is 0.878. The van der Waals surface area contributed by atoms with Crippen molar-refractivity contribution in [1.29, 1.82) is 0 Å². The second-order valence-corrected chi connectivity index (χ2v) is 7.37. The number of hydrogen-bond donors (Lipinski definition) is 2. The average molecular weight is 418 g/mol. The second-order valence-electron chi connectivity index (χ2n) is 5.62. The molecule has 0 spiro atoms. The molecule has 8 heteroatoms. The molecule has 20 heavy (non-hydrogen) atoms. The summed E-state index contributed by atoms with van der Waals surface area (Å²) in [5.41, 5.74) is -0.575. The van der Waals surface area contributed by atoms with Crippen molar-refractivity contribution in [2.45, 2.75) is 39.2 Å². The minimum Gasteiger partial charge on any atom is -0.357 e. The maximum absolute atomic E-state index is 11.3. The lowest BCUT2D eigenvalue weighted by Crippen LogP contribution is -2.47. The smallest absolute Gasteiger partial charge is 0.209 e. The van der Waals surface area contributed by atoms with Crippen LogP contribution in [0.3, 0.4) is 0 Å². The Morgan fingerprint density at radius 1 is 1.30 bits per heavy atom. The maximum atomic E-state index is 11.3. The summed E-state index contributed by atoms with van der Waals surface area (Å²) in [5, 5.41) is 3.26. The zero-order valence-corrected chi connectivity index (χ0v) is 15.9. The van der Waals surface area contributed by atoms with E-state index < -0.39 is 15.6 Å². The monoisotopic (exact) mass is 418 g/mol. The predicted molar refractivity (Wildman–Crippen MR) is 94.3 cm³/mol. The molecule has 0 aliphatic carbocycles. The van der Waals surface area contributed by atoms with Crippen molar-refractivity contribution in [3.05, 3.63) is 0 Å². The molecule has 1 fully saturated rings. The first kappa shape index (κ1) is 19.9.